The molecule has 112 valence electrons. The molecule has 1 aromatic rings. The van der Waals surface area contributed by atoms with E-state index in [4.69, 9.17) is 10.5 Å². The summed E-state index contributed by atoms with van der Waals surface area (Å²) in [5.74, 6) is 1.32. The fraction of sp³-hybridized carbons (Fsp3) is 0.733. The number of carbonyl (C=O) groups excluding carboxylic acids is 1. The van der Waals surface area contributed by atoms with Gasteiger partial charge in [-0.25, -0.2) is 9.78 Å². The minimum absolute atomic E-state index is 0.0225. The molecule has 1 aliphatic rings. The lowest BCUT2D eigenvalue weighted by Gasteiger charge is -2.36. The van der Waals surface area contributed by atoms with Crippen LogP contribution in [-0.4, -0.2) is 17.1 Å². The predicted molar refractivity (Wildman–Crippen MR) is 80.6 cm³/mol. The second-order valence-electron chi connectivity index (χ2n) is 6.10. The zero-order valence-corrected chi connectivity index (χ0v) is 13.3. The lowest BCUT2D eigenvalue weighted by atomic mass is 9.75. The summed E-state index contributed by atoms with van der Waals surface area (Å²) in [7, 11) is 0. The minimum atomic E-state index is -0.300. The molecule has 0 amide bonds. The van der Waals surface area contributed by atoms with Gasteiger partial charge < -0.3 is 10.5 Å². The highest BCUT2D eigenvalue weighted by Gasteiger charge is 2.33. The molecule has 4 nitrogen and oxygen atoms in total. The van der Waals surface area contributed by atoms with Gasteiger partial charge in [0.05, 0.1) is 0 Å². The summed E-state index contributed by atoms with van der Waals surface area (Å²) >= 11 is 1.41. The fourth-order valence-corrected chi connectivity index (χ4v) is 3.59. The molecule has 3 atom stereocenters. The van der Waals surface area contributed by atoms with Crippen molar-refractivity contribution in [1.82, 2.24) is 4.98 Å². The number of ether oxygens (including phenoxy) is 1. The van der Waals surface area contributed by atoms with Crippen molar-refractivity contribution in [2.45, 2.75) is 52.7 Å². The monoisotopic (exact) mass is 296 g/mol. The van der Waals surface area contributed by atoms with E-state index in [1.54, 1.807) is 5.38 Å². The average Bonchev–Trinajstić information content (AvgIpc) is 2.87. The van der Waals surface area contributed by atoms with Crippen molar-refractivity contribution in [2.75, 3.05) is 0 Å². The number of nitrogens with zero attached hydrogens (tertiary/aromatic N) is 1. The van der Waals surface area contributed by atoms with Gasteiger partial charge in [-0.05, 0) is 30.6 Å². The van der Waals surface area contributed by atoms with E-state index in [2.05, 4.69) is 25.8 Å². The van der Waals surface area contributed by atoms with Gasteiger partial charge in [-0.2, -0.15) is 0 Å². The normalized spacial score (nSPS) is 26.8. The Bertz CT molecular complexity index is 458. The van der Waals surface area contributed by atoms with Crippen molar-refractivity contribution in [3.8, 4) is 0 Å². The van der Waals surface area contributed by atoms with E-state index >= 15 is 0 Å². The number of esters is 1. The summed E-state index contributed by atoms with van der Waals surface area (Å²) in [6.07, 6.45) is 3.35. The number of hydrogen-bond acceptors (Lipinski definition) is 5. The zero-order valence-electron chi connectivity index (χ0n) is 12.5. The van der Waals surface area contributed by atoms with E-state index in [0.29, 0.717) is 30.0 Å². The summed E-state index contributed by atoms with van der Waals surface area (Å²) < 4.78 is 5.74. The Morgan fingerprint density at radius 3 is 2.90 bits per heavy atom. The highest BCUT2D eigenvalue weighted by atomic mass is 32.1. The third-order valence-electron chi connectivity index (χ3n) is 4.16. The van der Waals surface area contributed by atoms with Gasteiger partial charge in [0.15, 0.2) is 5.69 Å². The molecule has 2 N–H and O–H groups in total. The molecular formula is C15H24N2O2S. The lowest BCUT2D eigenvalue weighted by Crippen LogP contribution is -2.35. The molecule has 1 aromatic heterocycles. The third kappa shape index (κ3) is 3.58. The zero-order chi connectivity index (χ0) is 14.7. The van der Waals surface area contributed by atoms with E-state index in [0.717, 1.165) is 17.8 Å². The van der Waals surface area contributed by atoms with Gasteiger partial charge in [0.2, 0.25) is 0 Å². The van der Waals surface area contributed by atoms with Crippen LogP contribution in [0.25, 0.3) is 0 Å². The summed E-state index contributed by atoms with van der Waals surface area (Å²) in [5.41, 5.74) is 5.92. The Kier molecular flexibility index (Phi) is 5.16. The predicted octanol–water partition coefficient (Wildman–Crippen LogP) is 3.22. The second-order valence-corrected chi connectivity index (χ2v) is 7.04. The lowest BCUT2D eigenvalue weighted by molar-refractivity contribution is -0.0178. The van der Waals surface area contributed by atoms with Crippen molar-refractivity contribution < 1.29 is 9.53 Å². The van der Waals surface area contributed by atoms with E-state index in [-0.39, 0.29) is 12.1 Å². The molecule has 1 aliphatic carbocycles. The average molecular weight is 296 g/mol. The Morgan fingerprint density at radius 1 is 1.55 bits per heavy atom. The van der Waals surface area contributed by atoms with Gasteiger partial charge in [-0.3, -0.25) is 0 Å². The fourth-order valence-electron chi connectivity index (χ4n) is 2.95. The second kappa shape index (κ2) is 6.68. The molecule has 0 spiro atoms. The van der Waals surface area contributed by atoms with Gasteiger partial charge in [-0.1, -0.05) is 27.2 Å². The van der Waals surface area contributed by atoms with E-state index in [9.17, 15) is 4.79 Å². The van der Waals surface area contributed by atoms with Crippen molar-refractivity contribution >= 4 is 17.3 Å². The SMILES string of the molecule is CC1CCC(C(C)C)C(OC(=O)c2csc(CN)n2)C1. The van der Waals surface area contributed by atoms with Crippen LogP contribution in [0.4, 0.5) is 0 Å². The van der Waals surface area contributed by atoms with Crippen LogP contribution >= 0.6 is 11.3 Å². The van der Waals surface area contributed by atoms with Gasteiger partial charge in [0.25, 0.3) is 0 Å². The molecule has 0 saturated heterocycles. The summed E-state index contributed by atoms with van der Waals surface area (Å²) in [4.78, 5) is 16.4. The number of hydrogen-bond donors (Lipinski definition) is 1. The quantitative estimate of drug-likeness (QED) is 0.866. The van der Waals surface area contributed by atoms with Crippen molar-refractivity contribution in [3.63, 3.8) is 0 Å². The van der Waals surface area contributed by atoms with Crippen LogP contribution in [0.3, 0.4) is 0 Å². The topological polar surface area (TPSA) is 65.2 Å². The number of aromatic nitrogens is 1. The van der Waals surface area contributed by atoms with Crippen molar-refractivity contribution in [3.05, 3.63) is 16.1 Å². The van der Waals surface area contributed by atoms with Crippen LogP contribution in [0.5, 0.6) is 0 Å². The number of rotatable bonds is 4. The number of nitrogens with two attached hydrogens (primary N) is 1. The smallest absolute Gasteiger partial charge is 0.358 e. The number of thiazole rings is 1. The van der Waals surface area contributed by atoms with Gasteiger partial charge in [0.1, 0.15) is 11.1 Å². The first kappa shape index (κ1) is 15.4. The molecular weight excluding hydrogens is 272 g/mol. The Morgan fingerprint density at radius 2 is 2.30 bits per heavy atom. The van der Waals surface area contributed by atoms with Crippen LogP contribution in [0, 0.1) is 17.8 Å². The molecule has 3 unspecified atom stereocenters. The van der Waals surface area contributed by atoms with Crippen LogP contribution in [-0.2, 0) is 11.3 Å². The summed E-state index contributed by atoms with van der Waals surface area (Å²) in [6, 6.07) is 0. The Hall–Kier alpha value is -0.940. The summed E-state index contributed by atoms with van der Waals surface area (Å²) in [5, 5.41) is 2.51. The van der Waals surface area contributed by atoms with Crippen LogP contribution in [0.15, 0.2) is 5.38 Å². The first-order chi connectivity index (χ1) is 9.51. The molecule has 2 rings (SSSR count). The summed E-state index contributed by atoms with van der Waals surface area (Å²) in [6.45, 7) is 7.01. The Balaban J connectivity index is 2.03. The van der Waals surface area contributed by atoms with Crippen LogP contribution < -0.4 is 5.73 Å². The molecule has 0 aliphatic heterocycles. The molecule has 1 heterocycles. The van der Waals surface area contributed by atoms with Crippen molar-refractivity contribution in [1.29, 1.82) is 0 Å². The van der Waals surface area contributed by atoms with Crippen LogP contribution in [0.1, 0.15) is 55.5 Å². The highest BCUT2D eigenvalue weighted by molar-refractivity contribution is 7.09. The number of carbonyl (C=O) groups is 1. The molecule has 0 bridgehead atoms. The molecule has 1 fully saturated rings. The first-order valence-electron chi connectivity index (χ1n) is 7.36. The van der Waals surface area contributed by atoms with Gasteiger partial charge in [0, 0.05) is 11.9 Å². The van der Waals surface area contributed by atoms with E-state index in [1.165, 1.54) is 17.8 Å². The molecule has 0 aromatic carbocycles. The molecule has 20 heavy (non-hydrogen) atoms. The van der Waals surface area contributed by atoms with E-state index < -0.39 is 0 Å². The minimum Gasteiger partial charge on any atom is -0.457 e. The van der Waals surface area contributed by atoms with Crippen LogP contribution in [0.2, 0.25) is 0 Å². The Labute approximate surface area is 124 Å². The first-order valence-corrected chi connectivity index (χ1v) is 8.24. The molecule has 1 saturated carbocycles. The maximum absolute atomic E-state index is 12.2. The van der Waals surface area contributed by atoms with Gasteiger partial charge >= 0.3 is 5.97 Å². The molecule has 0 radical (unpaired) electrons. The largest absolute Gasteiger partial charge is 0.457 e. The molecule has 5 heteroatoms. The third-order valence-corrected chi connectivity index (χ3v) is 5.03. The standard InChI is InChI=1S/C15H24N2O2S/c1-9(2)11-5-4-10(3)6-13(11)19-15(18)12-8-20-14(7-16)17-12/h8-11,13H,4-7,16H2,1-3H3. The van der Waals surface area contributed by atoms with Crippen molar-refractivity contribution in [2.24, 2.45) is 23.5 Å². The van der Waals surface area contributed by atoms with E-state index in [1.807, 2.05) is 0 Å². The maximum Gasteiger partial charge on any atom is 0.358 e. The van der Waals surface area contributed by atoms with Gasteiger partial charge in [-0.15, -0.1) is 11.3 Å². The highest BCUT2D eigenvalue weighted by Crippen LogP contribution is 2.35. The maximum atomic E-state index is 12.2.